The molecule has 66 valence electrons. The van der Waals surface area contributed by atoms with Crippen LogP contribution in [-0.4, -0.2) is 24.1 Å². The Morgan fingerprint density at radius 3 is 2.58 bits per heavy atom. The maximum atomic E-state index is 9.22. The van der Waals surface area contributed by atoms with Crippen LogP contribution in [-0.2, 0) is 0 Å². The highest BCUT2D eigenvalue weighted by molar-refractivity contribution is 14.1. The van der Waals surface area contributed by atoms with Gasteiger partial charge in [-0.1, -0.05) is 34.7 Å². The third-order valence-corrected chi connectivity index (χ3v) is 3.43. The molecule has 0 aliphatic carbocycles. The summed E-state index contributed by atoms with van der Waals surface area (Å²) in [6.07, 6.45) is 0. The van der Waals surface area contributed by atoms with Crippen LogP contribution < -0.4 is 0 Å². The summed E-state index contributed by atoms with van der Waals surface area (Å²) < 4.78 is 0.315. The van der Waals surface area contributed by atoms with Crippen LogP contribution in [0.5, 0.6) is 5.75 Å². The van der Waals surface area contributed by atoms with Gasteiger partial charge in [0.15, 0.2) is 0 Å². The van der Waals surface area contributed by atoms with E-state index in [2.05, 4.69) is 27.5 Å². The van der Waals surface area contributed by atoms with E-state index in [1.54, 1.807) is 12.1 Å². The molecule has 0 heterocycles. The van der Waals surface area contributed by atoms with Gasteiger partial charge in [0.05, 0.1) is 4.05 Å². The quantitative estimate of drug-likeness (QED) is 0.509. The Labute approximate surface area is 86.3 Å². The first-order chi connectivity index (χ1) is 5.61. The van der Waals surface area contributed by atoms with Gasteiger partial charge in [-0.15, -0.1) is 0 Å². The number of benzene rings is 1. The second kappa shape index (κ2) is 4.09. The van der Waals surface area contributed by atoms with E-state index in [4.69, 9.17) is 0 Å². The van der Waals surface area contributed by atoms with Gasteiger partial charge in [-0.2, -0.15) is 0 Å². The first-order valence-corrected chi connectivity index (χ1v) is 4.95. The average Bonchev–Trinajstić information content (AvgIpc) is 2.03. The van der Waals surface area contributed by atoms with Gasteiger partial charge in [0, 0.05) is 0 Å². The molecule has 0 bridgehead atoms. The zero-order chi connectivity index (χ0) is 9.14. The summed E-state index contributed by atoms with van der Waals surface area (Å²) in [6, 6.07) is 7.34. The van der Waals surface area contributed by atoms with Crippen LogP contribution in [0.4, 0.5) is 0 Å². The van der Waals surface area contributed by atoms with Gasteiger partial charge in [-0.25, -0.2) is 0 Å². The van der Waals surface area contributed by atoms with Crippen molar-refractivity contribution in [1.29, 1.82) is 0 Å². The second-order valence-corrected chi connectivity index (χ2v) is 4.07. The molecule has 1 rings (SSSR count). The van der Waals surface area contributed by atoms with Crippen LogP contribution in [0.25, 0.3) is 0 Å². The Morgan fingerprint density at radius 2 is 2.08 bits per heavy atom. The molecule has 0 spiro atoms. The summed E-state index contributed by atoms with van der Waals surface area (Å²) in [7, 11) is 4.03. The second-order valence-electron chi connectivity index (χ2n) is 2.89. The van der Waals surface area contributed by atoms with E-state index in [1.807, 2.05) is 26.2 Å². The molecule has 0 amide bonds. The standard InChI is InChI=1S/C9H12INO/c1-11(2)9(10)7-4-3-5-8(12)6-7/h3-6,9,12H,1-2H3. The van der Waals surface area contributed by atoms with Crippen molar-refractivity contribution in [3.63, 3.8) is 0 Å². The Hall–Kier alpha value is -0.290. The Kier molecular flexibility index (Phi) is 3.34. The van der Waals surface area contributed by atoms with Gasteiger partial charge < -0.3 is 5.11 Å². The number of hydrogen-bond acceptors (Lipinski definition) is 2. The van der Waals surface area contributed by atoms with Crippen LogP contribution in [0, 0.1) is 0 Å². The molecule has 1 aromatic carbocycles. The van der Waals surface area contributed by atoms with Crippen LogP contribution in [0.2, 0.25) is 0 Å². The molecule has 0 aliphatic heterocycles. The summed E-state index contributed by atoms with van der Waals surface area (Å²) in [5, 5.41) is 9.22. The van der Waals surface area contributed by atoms with Crippen molar-refractivity contribution < 1.29 is 5.11 Å². The molecule has 1 unspecified atom stereocenters. The molecule has 12 heavy (non-hydrogen) atoms. The van der Waals surface area contributed by atoms with E-state index in [9.17, 15) is 5.11 Å². The predicted octanol–water partition coefficient (Wildman–Crippen LogP) is 2.39. The largest absolute Gasteiger partial charge is 0.508 e. The van der Waals surface area contributed by atoms with Gasteiger partial charge in [0.1, 0.15) is 5.75 Å². The molecule has 0 fully saturated rings. The first kappa shape index (κ1) is 9.80. The number of rotatable bonds is 2. The minimum Gasteiger partial charge on any atom is -0.508 e. The third kappa shape index (κ3) is 2.35. The van der Waals surface area contributed by atoms with Crippen molar-refractivity contribution in [1.82, 2.24) is 4.90 Å². The maximum Gasteiger partial charge on any atom is 0.115 e. The molecule has 1 aromatic rings. The van der Waals surface area contributed by atoms with Crippen molar-refractivity contribution in [2.75, 3.05) is 14.1 Å². The molecular weight excluding hydrogens is 265 g/mol. The van der Waals surface area contributed by atoms with E-state index in [-0.39, 0.29) is 0 Å². The van der Waals surface area contributed by atoms with Crippen molar-refractivity contribution in [3.05, 3.63) is 29.8 Å². The molecular formula is C9H12INO. The fourth-order valence-electron chi connectivity index (χ4n) is 0.971. The van der Waals surface area contributed by atoms with E-state index in [0.717, 1.165) is 5.56 Å². The fourth-order valence-corrected chi connectivity index (χ4v) is 1.36. The smallest absolute Gasteiger partial charge is 0.115 e. The van der Waals surface area contributed by atoms with E-state index in [0.29, 0.717) is 9.80 Å². The summed E-state index contributed by atoms with van der Waals surface area (Å²) >= 11 is 2.33. The SMILES string of the molecule is CN(C)C(I)c1cccc(O)c1. The highest BCUT2D eigenvalue weighted by atomic mass is 127. The lowest BCUT2D eigenvalue weighted by Crippen LogP contribution is -2.13. The highest BCUT2D eigenvalue weighted by Gasteiger charge is 2.08. The maximum absolute atomic E-state index is 9.22. The molecule has 0 saturated heterocycles. The highest BCUT2D eigenvalue weighted by Crippen LogP contribution is 2.27. The number of aromatic hydroxyl groups is 1. The minimum atomic E-state index is 0.315. The monoisotopic (exact) mass is 277 g/mol. The molecule has 2 nitrogen and oxygen atoms in total. The summed E-state index contributed by atoms with van der Waals surface area (Å²) in [6.45, 7) is 0. The Balaban J connectivity index is 2.88. The molecule has 1 N–H and O–H groups in total. The lowest BCUT2D eigenvalue weighted by Gasteiger charge is -2.18. The van der Waals surface area contributed by atoms with Crippen LogP contribution >= 0.6 is 22.6 Å². The normalized spacial score (nSPS) is 13.3. The topological polar surface area (TPSA) is 23.5 Å². The van der Waals surface area contributed by atoms with Crippen molar-refractivity contribution in [3.8, 4) is 5.75 Å². The number of phenols is 1. The van der Waals surface area contributed by atoms with E-state index >= 15 is 0 Å². The Bertz CT molecular complexity index is 262. The Morgan fingerprint density at radius 1 is 1.42 bits per heavy atom. The summed E-state index contributed by atoms with van der Waals surface area (Å²) in [5.74, 6) is 0.330. The average molecular weight is 277 g/mol. The first-order valence-electron chi connectivity index (χ1n) is 3.70. The molecule has 0 aromatic heterocycles. The van der Waals surface area contributed by atoms with Crippen LogP contribution in [0.15, 0.2) is 24.3 Å². The van der Waals surface area contributed by atoms with Gasteiger partial charge in [0.25, 0.3) is 0 Å². The third-order valence-electron chi connectivity index (χ3n) is 1.60. The number of halogens is 1. The molecule has 0 aliphatic rings. The van der Waals surface area contributed by atoms with Gasteiger partial charge in [0.2, 0.25) is 0 Å². The predicted molar refractivity (Wildman–Crippen MR) is 58.6 cm³/mol. The number of alkyl halides is 1. The lowest BCUT2D eigenvalue weighted by molar-refractivity contribution is 0.404. The zero-order valence-corrected chi connectivity index (χ0v) is 9.32. The van der Waals surface area contributed by atoms with Gasteiger partial charge >= 0.3 is 0 Å². The van der Waals surface area contributed by atoms with E-state index in [1.165, 1.54) is 0 Å². The van der Waals surface area contributed by atoms with Crippen molar-refractivity contribution >= 4 is 22.6 Å². The van der Waals surface area contributed by atoms with Crippen molar-refractivity contribution in [2.24, 2.45) is 0 Å². The van der Waals surface area contributed by atoms with E-state index < -0.39 is 0 Å². The van der Waals surface area contributed by atoms with Crippen LogP contribution in [0.3, 0.4) is 0 Å². The van der Waals surface area contributed by atoms with Gasteiger partial charge in [-0.05, 0) is 31.8 Å². The van der Waals surface area contributed by atoms with Crippen LogP contribution in [0.1, 0.15) is 9.61 Å². The number of hydrogen-bond donors (Lipinski definition) is 1. The summed E-state index contributed by atoms with van der Waals surface area (Å²) in [4.78, 5) is 2.09. The molecule has 0 radical (unpaired) electrons. The molecule has 0 saturated carbocycles. The number of phenolic OH excluding ortho intramolecular Hbond substituents is 1. The molecule has 3 heteroatoms. The molecule has 1 atom stereocenters. The zero-order valence-electron chi connectivity index (χ0n) is 7.16. The number of nitrogens with zero attached hydrogens (tertiary/aromatic N) is 1. The van der Waals surface area contributed by atoms with Crippen molar-refractivity contribution in [2.45, 2.75) is 4.05 Å². The van der Waals surface area contributed by atoms with Gasteiger partial charge in [-0.3, -0.25) is 4.90 Å². The minimum absolute atomic E-state index is 0.315. The fraction of sp³-hybridized carbons (Fsp3) is 0.333. The lowest BCUT2D eigenvalue weighted by atomic mass is 10.2. The summed E-state index contributed by atoms with van der Waals surface area (Å²) in [5.41, 5.74) is 1.13.